The molecule has 104 valence electrons. The lowest BCUT2D eigenvalue weighted by molar-refractivity contribution is -0.152. The lowest BCUT2D eigenvalue weighted by atomic mass is 9.79. The second-order valence-corrected chi connectivity index (χ2v) is 4.80. The Morgan fingerprint density at radius 2 is 1.89 bits per heavy atom. The highest BCUT2D eigenvalue weighted by molar-refractivity contribution is 6.33. The lowest BCUT2D eigenvalue weighted by Crippen LogP contribution is -2.28. The number of esters is 1. The van der Waals surface area contributed by atoms with Crippen LogP contribution in [0.25, 0.3) is 0 Å². The van der Waals surface area contributed by atoms with Gasteiger partial charge in [-0.1, -0.05) is 26.0 Å². The van der Waals surface area contributed by atoms with E-state index in [0.717, 1.165) is 7.11 Å². The van der Waals surface area contributed by atoms with Crippen molar-refractivity contribution in [2.24, 2.45) is 0 Å². The number of rotatable bonds is 5. The maximum Gasteiger partial charge on any atom is 0.374 e. The zero-order valence-electron chi connectivity index (χ0n) is 11.5. The molecule has 0 aliphatic rings. The Hall–Kier alpha value is -1.91. The summed E-state index contributed by atoms with van der Waals surface area (Å²) in [5.74, 6) is -2.02. The molecule has 0 saturated heterocycles. The molecule has 0 amide bonds. The summed E-state index contributed by atoms with van der Waals surface area (Å²) < 4.78 is 23.4. The normalized spacial score (nSPS) is 11.0. The van der Waals surface area contributed by atoms with Crippen LogP contribution in [0.1, 0.15) is 25.8 Å². The van der Waals surface area contributed by atoms with E-state index in [1.807, 2.05) is 0 Å². The van der Waals surface area contributed by atoms with Crippen LogP contribution in [-0.2, 0) is 19.7 Å². The van der Waals surface area contributed by atoms with Gasteiger partial charge in [-0.3, -0.25) is 4.79 Å². The van der Waals surface area contributed by atoms with Gasteiger partial charge >= 0.3 is 5.97 Å². The highest BCUT2D eigenvalue weighted by Crippen LogP contribution is 2.33. The largest absolute Gasteiger partial charge is 0.494 e. The van der Waals surface area contributed by atoms with E-state index in [1.165, 1.54) is 13.2 Å². The molecular formula is C14H17FO4. The quantitative estimate of drug-likeness (QED) is 0.607. The van der Waals surface area contributed by atoms with Crippen molar-refractivity contribution >= 4 is 11.8 Å². The molecule has 0 bridgehead atoms. The van der Waals surface area contributed by atoms with E-state index in [1.54, 1.807) is 26.0 Å². The van der Waals surface area contributed by atoms with Gasteiger partial charge in [-0.2, -0.15) is 0 Å². The Labute approximate surface area is 111 Å². The summed E-state index contributed by atoms with van der Waals surface area (Å²) in [5.41, 5.74) is -0.506. The molecule has 0 atom stereocenters. The van der Waals surface area contributed by atoms with E-state index in [0.29, 0.717) is 5.56 Å². The molecular weight excluding hydrogens is 251 g/mol. The van der Waals surface area contributed by atoms with Crippen molar-refractivity contribution in [3.8, 4) is 5.75 Å². The molecule has 0 N–H and O–H groups in total. The van der Waals surface area contributed by atoms with Crippen molar-refractivity contribution in [1.29, 1.82) is 0 Å². The van der Waals surface area contributed by atoms with Crippen LogP contribution in [0.4, 0.5) is 4.39 Å². The molecule has 1 rings (SSSR count). The van der Waals surface area contributed by atoms with Crippen LogP contribution >= 0.6 is 0 Å². The van der Waals surface area contributed by atoms with Crippen LogP contribution in [0.2, 0.25) is 0 Å². The lowest BCUT2D eigenvalue weighted by Gasteiger charge is -2.25. The molecule has 5 heteroatoms. The molecule has 19 heavy (non-hydrogen) atoms. The minimum Gasteiger partial charge on any atom is -0.494 e. The van der Waals surface area contributed by atoms with E-state index in [-0.39, 0.29) is 12.2 Å². The van der Waals surface area contributed by atoms with Gasteiger partial charge in [-0.15, -0.1) is 0 Å². The maximum atomic E-state index is 14.1. The molecule has 0 saturated carbocycles. The van der Waals surface area contributed by atoms with Gasteiger partial charge in [-0.25, -0.2) is 9.18 Å². The number of carbonyl (C=O) groups excluding carboxylic acids is 2. The number of ether oxygens (including phenoxy) is 2. The van der Waals surface area contributed by atoms with E-state index in [2.05, 4.69) is 4.74 Å². The Balaban J connectivity index is 3.07. The first-order valence-electron chi connectivity index (χ1n) is 5.77. The standard InChI is InChI=1S/C14H17FO4/c1-14(2,8-10(16)13(17)19-4)9-6-5-7-11(18-3)12(9)15/h5-7H,8H2,1-4H3. The zero-order valence-corrected chi connectivity index (χ0v) is 11.5. The number of hydrogen-bond acceptors (Lipinski definition) is 4. The van der Waals surface area contributed by atoms with Gasteiger partial charge in [-0.05, 0) is 11.6 Å². The van der Waals surface area contributed by atoms with Gasteiger partial charge in [0.15, 0.2) is 11.6 Å². The zero-order chi connectivity index (χ0) is 14.6. The number of hydrogen-bond donors (Lipinski definition) is 0. The van der Waals surface area contributed by atoms with Crippen molar-refractivity contribution in [3.05, 3.63) is 29.6 Å². The van der Waals surface area contributed by atoms with Gasteiger partial charge < -0.3 is 9.47 Å². The smallest absolute Gasteiger partial charge is 0.374 e. The fourth-order valence-corrected chi connectivity index (χ4v) is 1.87. The predicted octanol–water partition coefficient (Wildman–Crippen LogP) is 2.24. The summed E-state index contributed by atoms with van der Waals surface area (Å²) >= 11 is 0. The molecule has 4 nitrogen and oxygen atoms in total. The van der Waals surface area contributed by atoms with Gasteiger partial charge in [0.2, 0.25) is 5.78 Å². The number of ketones is 1. The molecule has 0 unspecified atom stereocenters. The number of methoxy groups -OCH3 is 2. The molecule has 1 aromatic rings. The third-order valence-corrected chi connectivity index (χ3v) is 2.93. The van der Waals surface area contributed by atoms with Gasteiger partial charge in [0.25, 0.3) is 0 Å². The van der Waals surface area contributed by atoms with E-state index >= 15 is 0 Å². The predicted molar refractivity (Wildman–Crippen MR) is 67.6 cm³/mol. The molecule has 0 spiro atoms. The molecule has 0 radical (unpaired) electrons. The van der Waals surface area contributed by atoms with E-state index in [9.17, 15) is 14.0 Å². The average Bonchev–Trinajstić information content (AvgIpc) is 2.37. The third-order valence-electron chi connectivity index (χ3n) is 2.93. The van der Waals surface area contributed by atoms with Crippen LogP contribution in [-0.4, -0.2) is 26.0 Å². The van der Waals surface area contributed by atoms with Crippen LogP contribution in [0.15, 0.2) is 18.2 Å². The van der Waals surface area contributed by atoms with Crippen molar-refractivity contribution in [3.63, 3.8) is 0 Å². The van der Waals surface area contributed by atoms with Crippen molar-refractivity contribution < 1.29 is 23.5 Å². The number of Topliss-reactive ketones (excluding diaryl/α,β-unsaturated/α-hetero) is 1. The summed E-state index contributed by atoms with van der Waals surface area (Å²) in [5, 5.41) is 0. The molecule has 0 aromatic heterocycles. The summed E-state index contributed by atoms with van der Waals surface area (Å²) in [4.78, 5) is 22.7. The summed E-state index contributed by atoms with van der Waals surface area (Å²) in [6.45, 7) is 3.37. The topological polar surface area (TPSA) is 52.6 Å². The van der Waals surface area contributed by atoms with Crippen LogP contribution in [0, 0.1) is 5.82 Å². The SMILES string of the molecule is COC(=O)C(=O)CC(C)(C)c1cccc(OC)c1F. The first-order chi connectivity index (χ1) is 8.83. The van der Waals surface area contributed by atoms with Gasteiger partial charge in [0, 0.05) is 11.8 Å². The van der Waals surface area contributed by atoms with Crippen molar-refractivity contribution in [2.75, 3.05) is 14.2 Å². The summed E-state index contributed by atoms with van der Waals surface area (Å²) in [7, 11) is 2.51. The second kappa shape index (κ2) is 5.82. The van der Waals surface area contributed by atoms with Crippen LogP contribution < -0.4 is 4.74 Å². The highest BCUT2D eigenvalue weighted by Gasteiger charge is 2.31. The summed E-state index contributed by atoms with van der Waals surface area (Å²) in [6.07, 6.45) is -0.135. The van der Waals surface area contributed by atoms with E-state index < -0.39 is 23.0 Å². The van der Waals surface area contributed by atoms with E-state index in [4.69, 9.17) is 4.74 Å². The second-order valence-electron chi connectivity index (χ2n) is 4.80. The van der Waals surface area contributed by atoms with Gasteiger partial charge in [0.1, 0.15) is 0 Å². The first-order valence-corrected chi connectivity index (χ1v) is 5.77. The Bertz CT molecular complexity index is 494. The highest BCUT2D eigenvalue weighted by atomic mass is 19.1. The first kappa shape index (κ1) is 15.1. The summed E-state index contributed by atoms with van der Waals surface area (Å²) in [6, 6.07) is 4.71. The Morgan fingerprint density at radius 3 is 2.42 bits per heavy atom. The van der Waals surface area contributed by atoms with Crippen molar-refractivity contribution in [2.45, 2.75) is 25.7 Å². The van der Waals surface area contributed by atoms with Crippen LogP contribution in [0.5, 0.6) is 5.75 Å². The minimum absolute atomic E-state index is 0.107. The maximum absolute atomic E-state index is 14.1. The molecule has 0 heterocycles. The number of halogens is 1. The minimum atomic E-state index is -0.920. The Morgan fingerprint density at radius 1 is 1.26 bits per heavy atom. The molecule has 1 aromatic carbocycles. The van der Waals surface area contributed by atoms with Crippen LogP contribution in [0.3, 0.4) is 0 Å². The molecule has 0 aliphatic carbocycles. The third kappa shape index (κ3) is 3.30. The number of benzene rings is 1. The fraction of sp³-hybridized carbons (Fsp3) is 0.429. The monoisotopic (exact) mass is 268 g/mol. The average molecular weight is 268 g/mol. The fourth-order valence-electron chi connectivity index (χ4n) is 1.87. The Kier molecular flexibility index (Phi) is 4.64. The van der Waals surface area contributed by atoms with Crippen molar-refractivity contribution in [1.82, 2.24) is 0 Å². The molecule has 0 fully saturated rings. The van der Waals surface area contributed by atoms with Gasteiger partial charge in [0.05, 0.1) is 14.2 Å². The molecule has 0 aliphatic heterocycles. The number of carbonyl (C=O) groups is 2.